The summed E-state index contributed by atoms with van der Waals surface area (Å²) in [5.74, 6) is 2.53. The van der Waals surface area contributed by atoms with Gasteiger partial charge in [-0.05, 0) is 6.07 Å². The lowest BCUT2D eigenvalue weighted by molar-refractivity contribution is 0.136. The van der Waals surface area contributed by atoms with Crippen molar-refractivity contribution in [1.82, 2.24) is 14.9 Å². The molecule has 0 aromatic carbocycles. The third kappa shape index (κ3) is 1.91. The molecule has 1 atom stereocenters. The number of anilines is 2. The summed E-state index contributed by atoms with van der Waals surface area (Å²) in [6.45, 7) is 1.94. The van der Waals surface area contributed by atoms with Crippen molar-refractivity contribution < 1.29 is 19.4 Å². The fourth-order valence-electron chi connectivity index (χ4n) is 4.04. The number of amides is 1. The van der Waals surface area contributed by atoms with E-state index in [-0.39, 0.29) is 12.6 Å². The maximum Gasteiger partial charge on any atom is 0.407 e. The van der Waals surface area contributed by atoms with Crippen molar-refractivity contribution in [1.29, 1.82) is 0 Å². The van der Waals surface area contributed by atoms with E-state index in [1.807, 2.05) is 16.9 Å². The van der Waals surface area contributed by atoms with E-state index < -0.39 is 6.09 Å². The number of carboxylic acid groups (broad SMARTS) is 1. The third-order valence-corrected chi connectivity index (χ3v) is 5.17. The first-order valence-electron chi connectivity index (χ1n) is 8.36. The monoisotopic (exact) mass is 353 g/mol. The van der Waals surface area contributed by atoms with Crippen LogP contribution < -0.4 is 14.5 Å². The van der Waals surface area contributed by atoms with Crippen LogP contribution in [0.15, 0.2) is 24.2 Å². The topological polar surface area (TPSA) is 99.1 Å². The normalized spacial score (nSPS) is 21.0. The van der Waals surface area contributed by atoms with Crippen LogP contribution in [0.4, 0.5) is 16.2 Å². The van der Waals surface area contributed by atoms with Gasteiger partial charge in [-0.15, -0.1) is 0 Å². The van der Waals surface area contributed by atoms with E-state index >= 15 is 0 Å². The Morgan fingerprint density at radius 1 is 1.31 bits per heavy atom. The van der Waals surface area contributed by atoms with Crippen molar-refractivity contribution in [2.24, 2.45) is 0 Å². The quantitative estimate of drug-likeness (QED) is 0.692. The molecule has 5 rings (SSSR count). The Hall–Kier alpha value is -3.32. The second-order valence-electron chi connectivity index (χ2n) is 6.43. The van der Waals surface area contributed by atoms with Crippen LogP contribution in [0.2, 0.25) is 0 Å². The van der Waals surface area contributed by atoms with Crippen molar-refractivity contribution in [2.45, 2.75) is 6.04 Å². The van der Waals surface area contributed by atoms with E-state index in [0.717, 1.165) is 22.3 Å². The van der Waals surface area contributed by atoms with Gasteiger partial charge in [-0.1, -0.05) is 0 Å². The Morgan fingerprint density at radius 2 is 2.19 bits per heavy atom. The summed E-state index contributed by atoms with van der Waals surface area (Å²) in [6, 6.07) is 1.43. The number of piperazine rings is 1. The fourth-order valence-corrected chi connectivity index (χ4v) is 4.04. The maximum atomic E-state index is 11.8. The van der Waals surface area contributed by atoms with Gasteiger partial charge in [0.25, 0.3) is 0 Å². The first kappa shape index (κ1) is 15.0. The Labute approximate surface area is 148 Å². The summed E-state index contributed by atoms with van der Waals surface area (Å²) in [5, 5.41) is 10.2. The number of fused-ring (bicyclic) bond motifs is 4. The average molecular weight is 353 g/mol. The number of hydrogen-bond donors (Lipinski definition) is 1. The number of pyridine rings is 2. The van der Waals surface area contributed by atoms with Gasteiger partial charge in [0.2, 0.25) is 5.88 Å². The lowest BCUT2D eigenvalue weighted by Crippen LogP contribution is -2.60. The number of nitrogens with zero attached hydrogens (tertiary/aromatic N) is 5. The van der Waals surface area contributed by atoms with Gasteiger partial charge >= 0.3 is 6.09 Å². The molecule has 0 saturated carbocycles. The number of hydrogen-bond acceptors (Lipinski definition) is 7. The SMILES string of the molecule is O=C=C1C2CN(C(=O)O)CCN2c2c3c(nc4ccncc24)OCCN13. The minimum absolute atomic E-state index is 0.218. The average Bonchev–Trinajstić information content (AvgIpc) is 2.67. The maximum absolute atomic E-state index is 11.8. The fraction of sp³-hybridized carbons (Fsp3) is 0.353. The highest BCUT2D eigenvalue weighted by Crippen LogP contribution is 2.49. The number of carbonyl (C=O) groups is 1. The zero-order valence-corrected chi connectivity index (χ0v) is 13.8. The summed E-state index contributed by atoms with van der Waals surface area (Å²) >= 11 is 0. The van der Waals surface area contributed by atoms with E-state index in [2.05, 4.69) is 14.9 Å². The van der Waals surface area contributed by atoms with Crippen LogP contribution in [0, 0.1) is 0 Å². The molecule has 1 N–H and O–H groups in total. The number of rotatable bonds is 0. The molecule has 1 fully saturated rings. The highest BCUT2D eigenvalue weighted by Gasteiger charge is 2.44. The van der Waals surface area contributed by atoms with Gasteiger partial charge in [0.05, 0.1) is 30.3 Å². The number of ether oxygens (including phenoxy) is 1. The highest BCUT2D eigenvalue weighted by atomic mass is 16.5. The van der Waals surface area contributed by atoms with Crippen molar-refractivity contribution in [2.75, 3.05) is 42.6 Å². The summed E-state index contributed by atoms with van der Waals surface area (Å²) in [4.78, 5) is 37.3. The second kappa shape index (κ2) is 5.34. The predicted molar refractivity (Wildman–Crippen MR) is 92.3 cm³/mol. The smallest absolute Gasteiger partial charge is 0.407 e. The van der Waals surface area contributed by atoms with Crippen LogP contribution in [0.25, 0.3) is 10.9 Å². The van der Waals surface area contributed by atoms with Gasteiger partial charge < -0.3 is 24.5 Å². The van der Waals surface area contributed by atoms with Crippen LogP contribution in [0.1, 0.15) is 0 Å². The minimum atomic E-state index is -0.982. The Balaban J connectivity index is 1.78. The van der Waals surface area contributed by atoms with Gasteiger partial charge in [-0.25, -0.2) is 14.6 Å². The van der Waals surface area contributed by atoms with Crippen LogP contribution in [-0.4, -0.2) is 70.8 Å². The molecule has 0 spiro atoms. The number of aromatic nitrogens is 2. The molecule has 132 valence electrons. The third-order valence-electron chi connectivity index (χ3n) is 5.17. The van der Waals surface area contributed by atoms with Gasteiger partial charge in [-0.3, -0.25) is 4.98 Å². The molecule has 1 unspecified atom stereocenters. The van der Waals surface area contributed by atoms with E-state index in [4.69, 9.17) is 4.74 Å². The van der Waals surface area contributed by atoms with Crippen LogP contribution in [0.5, 0.6) is 5.88 Å². The molecular weight excluding hydrogens is 338 g/mol. The Morgan fingerprint density at radius 3 is 3.00 bits per heavy atom. The minimum Gasteiger partial charge on any atom is -0.474 e. The first-order chi connectivity index (χ1) is 12.7. The molecule has 2 aromatic heterocycles. The first-order valence-corrected chi connectivity index (χ1v) is 8.36. The molecule has 0 aliphatic carbocycles. The molecule has 3 aliphatic rings. The molecule has 0 bridgehead atoms. The van der Waals surface area contributed by atoms with Crippen molar-refractivity contribution in [3.8, 4) is 5.88 Å². The zero-order chi connectivity index (χ0) is 17.8. The number of carbonyl (C=O) groups excluding carboxylic acids is 1. The van der Waals surface area contributed by atoms with Crippen molar-refractivity contribution in [3.05, 3.63) is 24.2 Å². The summed E-state index contributed by atoms with van der Waals surface area (Å²) in [5.41, 5.74) is 2.83. The summed E-state index contributed by atoms with van der Waals surface area (Å²) in [6.07, 6.45) is 2.44. The molecule has 2 aromatic rings. The molecule has 3 aliphatic heterocycles. The van der Waals surface area contributed by atoms with E-state index in [1.165, 1.54) is 4.90 Å². The van der Waals surface area contributed by atoms with Crippen LogP contribution in [0.3, 0.4) is 0 Å². The van der Waals surface area contributed by atoms with Gasteiger partial charge in [0, 0.05) is 30.9 Å². The van der Waals surface area contributed by atoms with E-state index in [1.54, 1.807) is 12.4 Å². The lowest BCUT2D eigenvalue weighted by atomic mass is 9.99. The van der Waals surface area contributed by atoms with Gasteiger partial charge in [0.15, 0.2) is 0 Å². The summed E-state index contributed by atoms with van der Waals surface area (Å²) < 4.78 is 5.76. The van der Waals surface area contributed by atoms with Crippen molar-refractivity contribution in [3.63, 3.8) is 0 Å². The van der Waals surface area contributed by atoms with Gasteiger partial charge in [0.1, 0.15) is 23.9 Å². The molecule has 26 heavy (non-hydrogen) atoms. The van der Waals surface area contributed by atoms with Crippen LogP contribution in [-0.2, 0) is 4.79 Å². The molecule has 0 radical (unpaired) electrons. The standard InChI is InChI=1S/C17H15N5O4/c23-9-13-12-8-20(17(24)25)3-4-21(12)14-10-7-18-2-1-11(10)19-16-15(14)22(13)5-6-26-16/h1-2,7,12H,3-6,8H2,(H,24,25). The van der Waals surface area contributed by atoms with Gasteiger partial charge in [-0.2, -0.15) is 0 Å². The Bertz CT molecular complexity index is 987. The molecule has 9 heteroatoms. The van der Waals surface area contributed by atoms with E-state index in [9.17, 15) is 14.7 Å². The molecule has 5 heterocycles. The highest BCUT2D eigenvalue weighted by molar-refractivity contribution is 6.03. The molecule has 1 saturated heterocycles. The Kier molecular flexibility index (Phi) is 3.07. The summed E-state index contributed by atoms with van der Waals surface area (Å²) in [7, 11) is 0. The zero-order valence-electron chi connectivity index (χ0n) is 13.8. The largest absolute Gasteiger partial charge is 0.474 e. The molecule has 9 nitrogen and oxygen atoms in total. The second-order valence-corrected chi connectivity index (χ2v) is 6.43. The van der Waals surface area contributed by atoms with Crippen molar-refractivity contribution >= 4 is 34.3 Å². The molecule has 1 amide bonds. The predicted octanol–water partition coefficient (Wildman–Crippen LogP) is 0.726. The van der Waals surface area contributed by atoms with Crippen LogP contribution >= 0.6 is 0 Å². The lowest BCUT2D eigenvalue weighted by Gasteiger charge is -2.50. The van der Waals surface area contributed by atoms with E-state index in [0.29, 0.717) is 37.8 Å². The molecular formula is C17H15N5O4.